The summed E-state index contributed by atoms with van der Waals surface area (Å²) >= 11 is 0. The highest BCUT2D eigenvalue weighted by Gasteiger charge is 2.41. The van der Waals surface area contributed by atoms with E-state index in [1.54, 1.807) is 23.1 Å². The first-order valence-corrected chi connectivity index (χ1v) is 10.7. The lowest BCUT2D eigenvalue weighted by Crippen LogP contribution is -2.52. The molecule has 152 valence electrons. The monoisotopic (exact) mass is 417 g/mol. The zero-order chi connectivity index (χ0) is 20.8. The van der Waals surface area contributed by atoms with Crippen molar-refractivity contribution in [1.29, 1.82) is 0 Å². The summed E-state index contributed by atoms with van der Waals surface area (Å²) in [5.74, 6) is -1.30. The second kappa shape index (κ2) is 7.23. The molecule has 0 aromatic heterocycles. The van der Waals surface area contributed by atoms with Crippen molar-refractivity contribution in [3.63, 3.8) is 0 Å². The van der Waals surface area contributed by atoms with Crippen molar-refractivity contribution in [2.75, 3.05) is 24.5 Å². The molecule has 1 atom stereocenters. The molecule has 9 heteroatoms. The molecule has 1 saturated heterocycles. The van der Waals surface area contributed by atoms with Crippen LogP contribution in [0.3, 0.4) is 0 Å². The molecule has 0 radical (unpaired) electrons. The number of carbonyl (C=O) groups excluding carboxylic acids is 2. The van der Waals surface area contributed by atoms with Gasteiger partial charge in [-0.1, -0.05) is 18.2 Å². The third-order valence-corrected chi connectivity index (χ3v) is 7.16. The van der Waals surface area contributed by atoms with Crippen molar-refractivity contribution in [3.05, 3.63) is 59.4 Å². The van der Waals surface area contributed by atoms with Gasteiger partial charge >= 0.3 is 0 Å². The number of halogens is 1. The maximum absolute atomic E-state index is 14.4. The molecule has 1 fully saturated rings. The molecule has 4 rings (SSSR count). The van der Waals surface area contributed by atoms with Gasteiger partial charge in [0.1, 0.15) is 11.9 Å². The quantitative estimate of drug-likeness (QED) is 0.822. The van der Waals surface area contributed by atoms with Crippen LogP contribution in [0.15, 0.2) is 47.4 Å². The van der Waals surface area contributed by atoms with Crippen LogP contribution in [-0.4, -0.2) is 44.2 Å². The first-order chi connectivity index (χ1) is 13.8. The molecule has 2 aliphatic heterocycles. The fraction of sp³-hybridized carbons (Fsp3) is 0.300. The zero-order valence-electron chi connectivity index (χ0n) is 15.8. The molecule has 2 amide bonds. The van der Waals surface area contributed by atoms with Gasteiger partial charge in [-0.3, -0.25) is 9.59 Å². The van der Waals surface area contributed by atoms with Crippen LogP contribution in [0.4, 0.5) is 10.1 Å². The van der Waals surface area contributed by atoms with E-state index in [9.17, 15) is 22.4 Å². The molecule has 2 aromatic carbocycles. The van der Waals surface area contributed by atoms with Gasteiger partial charge in [0.25, 0.3) is 0 Å². The van der Waals surface area contributed by atoms with Crippen LogP contribution in [0.25, 0.3) is 0 Å². The highest BCUT2D eigenvalue weighted by Crippen LogP contribution is 2.34. The Bertz CT molecular complexity index is 1100. The largest absolute Gasteiger partial charge is 0.353 e. The van der Waals surface area contributed by atoms with Crippen molar-refractivity contribution in [2.45, 2.75) is 24.3 Å². The lowest BCUT2D eigenvalue weighted by atomic mass is 10.0. The SMILES string of the molecule is CC(=O)N1CCc2cc(S(=O)(=O)N3CCNC(=O)C3c3ccccc3F)ccc21. The van der Waals surface area contributed by atoms with Crippen molar-refractivity contribution in [1.82, 2.24) is 9.62 Å². The summed E-state index contributed by atoms with van der Waals surface area (Å²) in [6.45, 7) is 2.14. The number of nitrogens with one attached hydrogen (secondary N) is 1. The van der Waals surface area contributed by atoms with Crippen LogP contribution in [0.5, 0.6) is 0 Å². The minimum atomic E-state index is -4.07. The lowest BCUT2D eigenvalue weighted by Gasteiger charge is -2.34. The fourth-order valence-corrected chi connectivity index (χ4v) is 5.52. The summed E-state index contributed by atoms with van der Waals surface area (Å²) in [5.41, 5.74) is 1.46. The Balaban J connectivity index is 1.75. The summed E-state index contributed by atoms with van der Waals surface area (Å²) in [7, 11) is -4.07. The summed E-state index contributed by atoms with van der Waals surface area (Å²) in [4.78, 5) is 25.9. The van der Waals surface area contributed by atoms with Crippen molar-refractivity contribution < 1.29 is 22.4 Å². The standard InChI is InChI=1S/C20H20FN3O4S/c1-13(25)23-10-8-14-12-15(6-7-18(14)23)29(27,28)24-11-9-22-20(26)19(24)16-4-2-3-5-17(16)21/h2-7,12,19H,8-11H2,1H3,(H,22,26). The van der Waals surface area contributed by atoms with Gasteiger partial charge in [0.05, 0.1) is 4.90 Å². The molecule has 2 aromatic rings. The molecule has 0 bridgehead atoms. The Morgan fingerprint density at radius 3 is 2.66 bits per heavy atom. The maximum atomic E-state index is 14.4. The van der Waals surface area contributed by atoms with E-state index in [1.165, 1.54) is 31.2 Å². The number of carbonyl (C=O) groups is 2. The van der Waals surface area contributed by atoms with Crippen LogP contribution in [0.2, 0.25) is 0 Å². The molecule has 1 unspecified atom stereocenters. The van der Waals surface area contributed by atoms with E-state index in [-0.39, 0.29) is 29.5 Å². The third-order valence-electron chi connectivity index (χ3n) is 5.30. The minimum absolute atomic E-state index is 0.0113. The Hall–Kier alpha value is -2.78. The lowest BCUT2D eigenvalue weighted by molar-refractivity contribution is -0.127. The number of sulfonamides is 1. The molecule has 2 heterocycles. The van der Waals surface area contributed by atoms with Crippen LogP contribution >= 0.6 is 0 Å². The number of hydrogen-bond donors (Lipinski definition) is 1. The molecule has 2 aliphatic rings. The molecular formula is C20H20FN3O4S. The average Bonchev–Trinajstić information content (AvgIpc) is 3.12. The van der Waals surface area contributed by atoms with E-state index < -0.39 is 27.8 Å². The van der Waals surface area contributed by atoms with Gasteiger partial charge in [-0.25, -0.2) is 12.8 Å². The molecular weight excluding hydrogens is 397 g/mol. The van der Waals surface area contributed by atoms with Crippen molar-refractivity contribution in [2.24, 2.45) is 0 Å². The van der Waals surface area contributed by atoms with Crippen molar-refractivity contribution >= 4 is 27.5 Å². The summed E-state index contributed by atoms with van der Waals surface area (Å²) < 4.78 is 42.2. The van der Waals surface area contributed by atoms with E-state index in [4.69, 9.17) is 0 Å². The average molecular weight is 417 g/mol. The second-order valence-corrected chi connectivity index (χ2v) is 8.93. The van der Waals surface area contributed by atoms with E-state index in [0.717, 1.165) is 9.87 Å². The molecule has 7 nitrogen and oxygen atoms in total. The molecule has 0 saturated carbocycles. The Morgan fingerprint density at radius 2 is 1.93 bits per heavy atom. The first kappa shape index (κ1) is 19.5. The van der Waals surface area contributed by atoms with Gasteiger partial charge in [0.15, 0.2) is 0 Å². The summed E-state index contributed by atoms with van der Waals surface area (Å²) in [5, 5.41) is 2.62. The topological polar surface area (TPSA) is 86.8 Å². The van der Waals surface area contributed by atoms with E-state index in [1.807, 2.05) is 0 Å². The smallest absolute Gasteiger partial charge is 0.244 e. The van der Waals surface area contributed by atoms with E-state index in [2.05, 4.69) is 5.32 Å². The van der Waals surface area contributed by atoms with Gasteiger partial charge in [-0.15, -0.1) is 0 Å². The number of fused-ring (bicyclic) bond motifs is 1. The highest BCUT2D eigenvalue weighted by atomic mass is 32.2. The van der Waals surface area contributed by atoms with E-state index >= 15 is 0 Å². The Labute approximate surface area is 168 Å². The predicted molar refractivity (Wildman–Crippen MR) is 104 cm³/mol. The summed E-state index contributed by atoms with van der Waals surface area (Å²) in [6.07, 6.45) is 0.551. The molecule has 0 spiro atoms. The Morgan fingerprint density at radius 1 is 1.17 bits per heavy atom. The predicted octanol–water partition coefficient (Wildman–Crippen LogP) is 1.60. The van der Waals surface area contributed by atoms with Crippen LogP contribution in [0.1, 0.15) is 24.1 Å². The number of nitrogens with zero attached hydrogens (tertiary/aromatic N) is 2. The second-order valence-electron chi connectivity index (χ2n) is 7.04. The highest BCUT2D eigenvalue weighted by molar-refractivity contribution is 7.89. The minimum Gasteiger partial charge on any atom is -0.353 e. The van der Waals surface area contributed by atoms with Gasteiger partial charge in [-0.2, -0.15) is 4.31 Å². The summed E-state index contributed by atoms with van der Waals surface area (Å²) in [6, 6.07) is 8.97. The third kappa shape index (κ3) is 3.30. The number of hydrogen-bond acceptors (Lipinski definition) is 4. The first-order valence-electron chi connectivity index (χ1n) is 9.25. The molecule has 29 heavy (non-hydrogen) atoms. The number of piperazine rings is 1. The van der Waals surface area contributed by atoms with Crippen molar-refractivity contribution in [3.8, 4) is 0 Å². The van der Waals surface area contributed by atoms with E-state index in [0.29, 0.717) is 18.7 Å². The van der Waals surface area contributed by atoms with Gasteiger partial charge in [-0.05, 0) is 36.2 Å². The molecule has 1 N–H and O–H groups in total. The fourth-order valence-electron chi connectivity index (χ4n) is 3.90. The number of benzene rings is 2. The maximum Gasteiger partial charge on any atom is 0.244 e. The normalized spacial score (nSPS) is 19.7. The van der Waals surface area contributed by atoms with Gasteiger partial charge in [0, 0.05) is 37.8 Å². The van der Waals surface area contributed by atoms with Crippen LogP contribution in [-0.2, 0) is 26.0 Å². The number of amides is 2. The van der Waals surface area contributed by atoms with Crippen LogP contribution in [0, 0.1) is 5.82 Å². The Kier molecular flexibility index (Phi) is 4.87. The van der Waals surface area contributed by atoms with Crippen LogP contribution < -0.4 is 10.2 Å². The number of anilines is 1. The van der Waals surface area contributed by atoms with Gasteiger partial charge in [0.2, 0.25) is 21.8 Å². The zero-order valence-corrected chi connectivity index (χ0v) is 16.6. The number of rotatable bonds is 3. The van der Waals surface area contributed by atoms with Gasteiger partial charge < -0.3 is 10.2 Å². The molecule has 0 aliphatic carbocycles.